The first-order valence-corrected chi connectivity index (χ1v) is 3.22. The van der Waals surface area contributed by atoms with Gasteiger partial charge in [0, 0.05) is 12.4 Å². The number of carbonyl (C=O) groups excluding carboxylic acids is 1. The van der Waals surface area contributed by atoms with Gasteiger partial charge in [0.25, 0.3) is 0 Å². The summed E-state index contributed by atoms with van der Waals surface area (Å²) in [6, 6.07) is 0. The molecule has 1 rings (SSSR count). The second kappa shape index (κ2) is 3.17. The molecule has 0 fully saturated rings. The number of amides is 1. The molecule has 0 saturated heterocycles. The van der Waals surface area contributed by atoms with E-state index in [1.807, 2.05) is 12.2 Å². The third-order valence-electron chi connectivity index (χ3n) is 1.04. The number of rotatable bonds is 0. The van der Waals surface area contributed by atoms with E-state index in [1.54, 1.807) is 24.6 Å². The van der Waals surface area contributed by atoms with Crippen LogP contribution in [0, 0.1) is 0 Å². The molecule has 0 aromatic heterocycles. The molecule has 0 aromatic rings. The van der Waals surface area contributed by atoms with Gasteiger partial charge >= 0.3 is 0 Å². The molecule has 0 aromatic carbocycles. The van der Waals surface area contributed by atoms with Gasteiger partial charge in [-0.15, -0.1) is 0 Å². The Morgan fingerprint density at radius 2 is 1.60 bits per heavy atom. The Hall–Kier alpha value is -1.09. The minimum atomic E-state index is -0.392. The van der Waals surface area contributed by atoms with Crippen LogP contribution < -0.4 is 0 Å². The van der Waals surface area contributed by atoms with Crippen molar-refractivity contribution in [1.82, 2.24) is 4.90 Å². The lowest BCUT2D eigenvalue weighted by molar-refractivity contribution is 0.249. The van der Waals surface area contributed by atoms with Gasteiger partial charge in [0.15, 0.2) is 0 Å². The van der Waals surface area contributed by atoms with Crippen LogP contribution in [0.5, 0.6) is 0 Å². The fraction of sp³-hybridized carbons (Fsp3) is 0. The normalized spacial score (nSPS) is 15.4. The zero-order valence-corrected chi connectivity index (χ0v) is 6.04. The van der Waals surface area contributed by atoms with Gasteiger partial charge in [-0.2, -0.15) is 0 Å². The molecule has 52 valence electrons. The number of hydrogen-bond acceptors (Lipinski definition) is 2. The first-order chi connectivity index (χ1) is 4.80. The summed E-state index contributed by atoms with van der Waals surface area (Å²) in [5, 5.41) is -0.392. The van der Waals surface area contributed by atoms with E-state index in [-0.39, 0.29) is 0 Å². The van der Waals surface area contributed by atoms with Gasteiger partial charge in [0.1, 0.15) is 5.24 Å². The topological polar surface area (TPSA) is 20.3 Å². The van der Waals surface area contributed by atoms with E-state index in [0.29, 0.717) is 0 Å². The largest absolute Gasteiger partial charge is 0.718 e. The first kappa shape index (κ1) is 7.02. The maximum atomic E-state index is 10.6. The van der Waals surface area contributed by atoms with Gasteiger partial charge in [-0.1, -0.05) is 12.2 Å². The summed E-state index contributed by atoms with van der Waals surface area (Å²) in [6.07, 6.45) is 10.4. The molecule has 0 atom stereocenters. The Labute approximate surface area is 64.9 Å². The molecule has 0 N–H and O–H groups in total. The zero-order valence-electron chi connectivity index (χ0n) is 5.23. The van der Waals surface area contributed by atoms with Gasteiger partial charge in [0.2, 0.25) is 0 Å². The van der Waals surface area contributed by atoms with E-state index in [4.69, 9.17) is 0 Å². The van der Waals surface area contributed by atoms with Gasteiger partial charge in [-0.05, 0) is 12.2 Å². The van der Waals surface area contributed by atoms with Crippen LogP contribution in [0.2, 0.25) is 0 Å². The molecule has 2 nitrogen and oxygen atoms in total. The Morgan fingerprint density at radius 1 is 1.10 bits per heavy atom. The molecular formula is C7H6NOS-. The lowest BCUT2D eigenvalue weighted by atomic mass is 10.5. The van der Waals surface area contributed by atoms with E-state index in [9.17, 15) is 4.79 Å². The smallest absolute Gasteiger partial charge is 0.109 e. The number of carbonyl (C=O) groups is 1. The summed E-state index contributed by atoms with van der Waals surface area (Å²) < 4.78 is 0. The van der Waals surface area contributed by atoms with Crippen molar-refractivity contribution in [2.45, 2.75) is 0 Å². The van der Waals surface area contributed by atoms with Crippen molar-refractivity contribution in [2.24, 2.45) is 0 Å². The van der Waals surface area contributed by atoms with Crippen molar-refractivity contribution in [3.8, 4) is 0 Å². The van der Waals surface area contributed by atoms with Gasteiger partial charge in [-0.25, -0.2) is 0 Å². The van der Waals surface area contributed by atoms with E-state index >= 15 is 0 Å². The predicted molar refractivity (Wildman–Crippen MR) is 42.0 cm³/mol. The minimum Gasteiger partial charge on any atom is -0.718 e. The monoisotopic (exact) mass is 152 g/mol. The molecule has 3 heteroatoms. The van der Waals surface area contributed by atoms with E-state index < -0.39 is 5.24 Å². The van der Waals surface area contributed by atoms with Crippen LogP contribution >= 0.6 is 0 Å². The average molecular weight is 152 g/mol. The molecule has 0 radical (unpaired) electrons. The minimum absolute atomic E-state index is 0.392. The lowest BCUT2D eigenvalue weighted by Crippen LogP contribution is -2.13. The van der Waals surface area contributed by atoms with Crippen LogP contribution in [0.3, 0.4) is 0 Å². The van der Waals surface area contributed by atoms with E-state index in [0.717, 1.165) is 0 Å². The quantitative estimate of drug-likeness (QED) is 0.491. The van der Waals surface area contributed by atoms with E-state index in [2.05, 4.69) is 12.6 Å². The van der Waals surface area contributed by atoms with Crippen molar-refractivity contribution >= 4 is 17.9 Å². The molecule has 0 saturated carbocycles. The summed E-state index contributed by atoms with van der Waals surface area (Å²) >= 11 is 4.42. The Balaban J connectivity index is 2.72. The highest BCUT2D eigenvalue weighted by atomic mass is 32.1. The summed E-state index contributed by atoms with van der Waals surface area (Å²) in [6.45, 7) is 0. The maximum Gasteiger partial charge on any atom is 0.109 e. The molecular weight excluding hydrogens is 146 g/mol. The third-order valence-corrected chi connectivity index (χ3v) is 1.25. The standard InChI is InChI=1S/C7H7NOS/c9-7(10)8-5-3-1-2-4-6-8/h1-6H,(H,9,10)/p-1. The van der Waals surface area contributed by atoms with Crippen molar-refractivity contribution < 1.29 is 4.79 Å². The van der Waals surface area contributed by atoms with Gasteiger partial charge in [-0.3, -0.25) is 0 Å². The molecule has 0 bridgehead atoms. The van der Waals surface area contributed by atoms with Gasteiger partial charge in [0.05, 0.1) is 0 Å². The Bertz CT molecular complexity index is 202. The first-order valence-electron chi connectivity index (χ1n) is 2.81. The van der Waals surface area contributed by atoms with Crippen molar-refractivity contribution in [3.05, 3.63) is 36.7 Å². The SMILES string of the molecule is O=C([S-])N1C=CC=CC=C1. The van der Waals surface area contributed by atoms with E-state index in [1.165, 1.54) is 4.90 Å². The highest BCUT2D eigenvalue weighted by Crippen LogP contribution is 1.98. The molecule has 1 amide bonds. The summed E-state index contributed by atoms with van der Waals surface area (Å²) in [7, 11) is 0. The lowest BCUT2D eigenvalue weighted by Gasteiger charge is -2.15. The maximum absolute atomic E-state index is 10.6. The fourth-order valence-electron chi connectivity index (χ4n) is 0.585. The summed E-state index contributed by atoms with van der Waals surface area (Å²) in [5.74, 6) is 0. The summed E-state index contributed by atoms with van der Waals surface area (Å²) in [5.41, 5.74) is 0. The Morgan fingerprint density at radius 3 is 2.00 bits per heavy atom. The van der Waals surface area contributed by atoms with Crippen LogP contribution in [0.1, 0.15) is 0 Å². The highest BCUT2D eigenvalue weighted by molar-refractivity contribution is 7.76. The molecule has 0 aliphatic carbocycles. The van der Waals surface area contributed by atoms with Crippen molar-refractivity contribution in [1.29, 1.82) is 0 Å². The van der Waals surface area contributed by atoms with Crippen molar-refractivity contribution in [2.75, 3.05) is 0 Å². The molecule has 10 heavy (non-hydrogen) atoms. The number of hydrogen-bond donors (Lipinski definition) is 0. The molecule has 0 spiro atoms. The highest BCUT2D eigenvalue weighted by Gasteiger charge is 1.91. The fourth-order valence-corrected chi connectivity index (χ4v) is 0.706. The second-order valence-corrected chi connectivity index (χ2v) is 2.09. The average Bonchev–Trinajstić information content (AvgIpc) is 2.12. The summed E-state index contributed by atoms with van der Waals surface area (Å²) in [4.78, 5) is 11.9. The van der Waals surface area contributed by atoms with Gasteiger partial charge < -0.3 is 22.3 Å². The number of allylic oxidation sites excluding steroid dienone is 4. The predicted octanol–water partition coefficient (Wildman–Crippen LogP) is 1.55. The van der Waals surface area contributed by atoms with Crippen LogP contribution in [0.15, 0.2) is 36.7 Å². The zero-order chi connectivity index (χ0) is 7.40. The molecule has 1 aliphatic rings. The van der Waals surface area contributed by atoms with Crippen LogP contribution in [-0.2, 0) is 12.6 Å². The van der Waals surface area contributed by atoms with Crippen LogP contribution in [0.4, 0.5) is 4.79 Å². The third kappa shape index (κ3) is 1.70. The second-order valence-electron chi connectivity index (χ2n) is 1.74. The molecule has 1 heterocycles. The number of nitrogens with zero attached hydrogens (tertiary/aromatic N) is 1. The Kier molecular flexibility index (Phi) is 2.23. The van der Waals surface area contributed by atoms with Crippen molar-refractivity contribution in [3.63, 3.8) is 0 Å². The van der Waals surface area contributed by atoms with Crippen LogP contribution in [-0.4, -0.2) is 10.1 Å². The molecule has 0 unspecified atom stereocenters. The molecule has 1 aliphatic heterocycles. The van der Waals surface area contributed by atoms with Crippen LogP contribution in [0.25, 0.3) is 0 Å².